The predicted octanol–water partition coefficient (Wildman–Crippen LogP) is 4.89. The molecule has 2 saturated carbocycles. The third-order valence-corrected chi connectivity index (χ3v) is 6.55. The van der Waals surface area contributed by atoms with Crippen molar-refractivity contribution in [2.75, 3.05) is 0 Å². The lowest BCUT2D eigenvalue weighted by Crippen LogP contribution is -2.37. The first-order chi connectivity index (χ1) is 9.80. The van der Waals surface area contributed by atoms with E-state index in [0.29, 0.717) is 17.3 Å². The Morgan fingerprint density at radius 1 is 1.38 bits per heavy atom. The third-order valence-electron chi connectivity index (χ3n) is 6.55. The highest BCUT2D eigenvalue weighted by molar-refractivity contribution is 5.37. The van der Waals surface area contributed by atoms with Crippen molar-refractivity contribution >= 4 is 0 Å². The van der Waals surface area contributed by atoms with E-state index in [1.165, 1.54) is 18.4 Å². The molecular formula is C20H30O. The number of hydrogen-bond acceptors (Lipinski definition) is 1. The van der Waals surface area contributed by atoms with Gasteiger partial charge in [0.05, 0.1) is 5.60 Å². The first-order valence-corrected chi connectivity index (χ1v) is 8.53. The standard InChI is InChI=1S/C20H30O/c1-13(2)7-6-11-19(5,21)16-9-8-15(4)20-12-10-14(3)17(20)18(16)20/h6-8,11,14,16-18,21H,9-10,12H2,1-5H3/b11-6+/t14-,16-,17+,18+,19-,20-/m1/s1. The quantitative estimate of drug-likeness (QED) is 0.578. The molecule has 1 spiro atoms. The molecule has 3 aliphatic rings. The molecule has 0 aromatic rings. The van der Waals surface area contributed by atoms with Crippen LogP contribution in [0.1, 0.15) is 53.9 Å². The number of fused-ring (bicyclic) bond motifs is 1. The van der Waals surface area contributed by atoms with Gasteiger partial charge in [0.2, 0.25) is 0 Å². The van der Waals surface area contributed by atoms with Gasteiger partial charge in [-0.2, -0.15) is 0 Å². The molecule has 21 heavy (non-hydrogen) atoms. The average Bonchev–Trinajstić information content (AvgIpc) is 2.95. The van der Waals surface area contributed by atoms with Crippen molar-refractivity contribution in [2.45, 2.75) is 59.5 Å². The lowest BCUT2D eigenvalue weighted by atomic mass is 9.72. The van der Waals surface area contributed by atoms with Gasteiger partial charge in [0.1, 0.15) is 0 Å². The monoisotopic (exact) mass is 286 g/mol. The highest BCUT2D eigenvalue weighted by atomic mass is 16.3. The second kappa shape index (κ2) is 4.84. The Kier molecular flexibility index (Phi) is 3.48. The molecule has 0 amide bonds. The Hall–Kier alpha value is -0.820. The lowest BCUT2D eigenvalue weighted by Gasteiger charge is -2.36. The third kappa shape index (κ3) is 2.16. The smallest absolute Gasteiger partial charge is 0.0836 e. The van der Waals surface area contributed by atoms with E-state index < -0.39 is 5.60 Å². The van der Waals surface area contributed by atoms with Crippen LogP contribution in [0.25, 0.3) is 0 Å². The Bertz CT molecular complexity index is 518. The highest BCUT2D eigenvalue weighted by Gasteiger charge is 2.73. The van der Waals surface area contributed by atoms with Gasteiger partial charge < -0.3 is 5.11 Å². The number of rotatable bonds is 3. The van der Waals surface area contributed by atoms with Gasteiger partial charge in [-0.3, -0.25) is 0 Å². The van der Waals surface area contributed by atoms with Crippen molar-refractivity contribution in [3.8, 4) is 0 Å². The van der Waals surface area contributed by atoms with Crippen LogP contribution in [0.3, 0.4) is 0 Å². The fraction of sp³-hybridized carbons (Fsp3) is 0.700. The van der Waals surface area contributed by atoms with Gasteiger partial charge in [-0.25, -0.2) is 0 Å². The summed E-state index contributed by atoms with van der Waals surface area (Å²) in [5.74, 6) is 2.74. The molecule has 0 aliphatic heterocycles. The van der Waals surface area contributed by atoms with E-state index in [1.54, 1.807) is 5.57 Å². The molecule has 1 N–H and O–H groups in total. The highest BCUT2D eigenvalue weighted by Crippen LogP contribution is 2.78. The molecule has 1 heteroatoms. The van der Waals surface area contributed by atoms with Crippen molar-refractivity contribution in [1.82, 2.24) is 0 Å². The molecule has 116 valence electrons. The zero-order valence-electron chi connectivity index (χ0n) is 14.2. The molecule has 0 aromatic heterocycles. The van der Waals surface area contributed by atoms with Crippen molar-refractivity contribution in [2.24, 2.45) is 29.1 Å². The molecule has 1 nitrogen and oxygen atoms in total. The summed E-state index contributed by atoms with van der Waals surface area (Å²) in [5, 5.41) is 11.0. The van der Waals surface area contributed by atoms with Gasteiger partial charge in [-0.1, -0.05) is 42.4 Å². The van der Waals surface area contributed by atoms with Crippen LogP contribution in [0, 0.1) is 29.1 Å². The molecule has 0 bridgehead atoms. The summed E-state index contributed by atoms with van der Waals surface area (Å²) in [6, 6.07) is 0. The molecule has 0 saturated heterocycles. The molecule has 0 heterocycles. The van der Waals surface area contributed by atoms with Gasteiger partial charge >= 0.3 is 0 Å². The van der Waals surface area contributed by atoms with Crippen LogP contribution in [-0.4, -0.2) is 10.7 Å². The van der Waals surface area contributed by atoms with E-state index >= 15 is 0 Å². The lowest BCUT2D eigenvalue weighted by molar-refractivity contribution is 0.0229. The van der Waals surface area contributed by atoms with Crippen molar-refractivity contribution in [3.05, 3.63) is 35.5 Å². The van der Waals surface area contributed by atoms with Gasteiger partial charge in [0, 0.05) is 0 Å². The zero-order chi connectivity index (χ0) is 15.4. The van der Waals surface area contributed by atoms with Crippen LogP contribution in [0.2, 0.25) is 0 Å². The fourth-order valence-corrected chi connectivity index (χ4v) is 5.47. The molecular weight excluding hydrogens is 256 g/mol. The van der Waals surface area contributed by atoms with E-state index in [0.717, 1.165) is 18.3 Å². The maximum Gasteiger partial charge on any atom is 0.0836 e. The largest absolute Gasteiger partial charge is 0.386 e. The van der Waals surface area contributed by atoms with E-state index in [2.05, 4.69) is 39.8 Å². The van der Waals surface area contributed by atoms with E-state index in [4.69, 9.17) is 0 Å². The molecule has 6 atom stereocenters. The topological polar surface area (TPSA) is 20.2 Å². The Balaban J connectivity index is 1.85. The summed E-state index contributed by atoms with van der Waals surface area (Å²) in [6.07, 6.45) is 12.3. The van der Waals surface area contributed by atoms with Crippen molar-refractivity contribution in [1.29, 1.82) is 0 Å². The maximum absolute atomic E-state index is 11.0. The van der Waals surface area contributed by atoms with Crippen LogP contribution < -0.4 is 0 Å². The number of aliphatic hydroxyl groups is 1. The first kappa shape index (κ1) is 15.1. The van der Waals surface area contributed by atoms with E-state index in [9.17, 15) is 5.11 Å². The zero-order valence-corrected chi connectivity index (χ0v) is 14.2. The summed E-state index contributed by atoms with van der Waals surface area (Å²) < 4.78 is 0. The summed E-state index contributed by atoms with van der Waals surface area (Å²) in [5.41, 5.74) is 2.65. The van der Waals surface area contributed by atoms with Crippen molar-refractivity contribution in [3.63, 3.8) is 0 Å². The van der Waals surface area contributed by atoms with Gasteiger partial charge in [-0.15, -0.1) is 0 Å². The predicted molar refractivity (Wildman–Crippen MR) is 88.9 cm³/mol. The normalized spacial score (nSPS) is 43.8. The van der Waals surface area contributed by atoms with E-state index in [1.807, 2.05) is 19.1 Å². The minimum Gasteiger partial charge on any atom is -0.386 e. The Labute approximate surface area is 129 Å². The summed E-state index contributed by atoms with van der Waals surface area (Å²) in [4.78, 5) is 0. The van der Waals surface area contributed by atoms with Crippen LogP contribution >= 0.6 is 0 Å². The second-order valence-electron chi connectivity index (χ2n) is 8.17. The molecule has 0 unspecified atom stereocenters. The minimum absolute atomic E-state index is 0.385. The summed E-state index contributed by atoms with van der Waals surface area (Å²) >= 11 is 0. The summed E-state index contributed by atoms with van der Waals surface area (Å²) in [7, 11) is 0. The van der Waals surface area contributed by atoms with Crippen LogP contribution in [0.5, 0.6) is 0 Å². The second-order valence-corrected chi connectivity index (χ2v) is 8.17. The fourth-order valence-electron chi connectivity index (χ4n) is 5.47. The Morgan fingerprint density at radius 3 is 2.76 bits per heavy atom. The van der Waals surface area contributed by atoms with Crippen molar-refractivity contribution < 1.29 is 5.11 Å². The first-order valence-electron chi connectivity index (χ1n) is 8.53. The Morgan fingerprint density at radius 2 is 2.10 bits per heavy atom. The van der Waals surface area contributed by atoms with Gasteiger partial charge in [0.25, 0.3) is 0 Å². The van der Waals surface area contributed by atoms with Gasteiger partial charge in [-0.05, 0) is 76.0 Å². The molecule has 2 fully saturated rings. The average molecular weight is 286 g/mol. The van der Waals surface area contributed by atoms with Crippen LogP contribution in [0.15, 0.2) is 35.5 Å². The molecule has 3 rings (SSSR count). The SMILES string of the molecule is CC(C)=C/C=C/[C@@](C)(O)[C@@H]1CC=C(C)[C@]23CC[C@@H](C)[C@H]2[C@H]13. The molecule has 0 aromatic carbocycles. The number of allylic oxidation sites excluding steroid dienone is 5. The molecule has 3 aliphatic carbocycles. The van der Waals surface area contributed by atoms with Crippen LogP contribution in [0.4, 0.5) is 0 Å². The summed E-state index contributed by atoms with van der Waals surface area (Å²) in [6.45, 7) is 10.9. The van der Waals surface area contributed by atoms with Crippen LogP contribution in [-0.2, 0) is 0 Å². The van der Waals surface area contributed by atoms with Gasteiger partial charge in [0.15, 0.2) is 0 Å². The molecule has 0 radical (unpaired) electrons. The van der Waals surface area contributed by atoms with E-state index in [-0.39, 0.29) is 0 Å². The maximum atomic E-state index is 11.0. The minimum atomic E-state index is -0.690. The number of hydrogen-bond donors (Lipinski definition) is 1.